The van der Waals surface area contributed by atoms with Crippen molar-refractivity contribution >= 4 is 15.9 Å². The Morgan fingerprint density at radius 3 is 2.24 bits per heavy atom. The third-order valence-corrected chi connectivity index (χ3v) is 3.23. The summed E-state index contributed by atoms with van der Waals surface area (Å²) in [5, 5.41) is 9.96. The van der Waals surface area contributed by atoms with Crippen LogP contribution in [0.2, 0.25) is 0 Å². The molecule has 0 saturated heterocycles. The van der Waals surface area contributed by atoms with Crippen LogP contribution in [0.5, 0.6) is 11.5 Å². The lowest BCUT2D eigenvalue weighted by Gasteiger charge is -2.26. The highest BCUT2D eigenvalue weighted by Gasteiger charge is 2.21. The molecule has 96 valence electrons. The van der Waals surface area contributed by atoms with Crippen molar-refractivity contribution in [1.82, 2.24) is 0 Å². The highest BCUT2D eigenvalue weighted by Crippen LogP contribution is 2.42. The van der Waals surface area contributed by atoms with Crippen LogP contribution in [0.4, 0.5) is 0 Å². The number of benzene rings is 1. The van der Waals surface area contributed by atoms with Crippen molar-refractivity contribution in [3.8, 4) is 11.5 Å². The van der Waals surface area contributed by atoms with Gasteiger partial charge in [0.2, 0.25) is 0 Å². The Hall–Kier alpha value is -0.700. The van der Waals surface area contributed by atoms with E-state index >= 15 is 0 Å². The molecule has 0 aliphatic rings. The van der Waals surface area contributed by atoms with Crippen molar-refractivity contribution in [3.63, 3.8) is 0 Å². The summed E-state index contributed by atoms with van der Waals surface area (Å²) in [6, 6.07) is 1.90. The maximum Gasteiger partial charge on any atom is 0.133 e. The van der Waals surface area contributed by atoms with Gasteiger partial charge < -0.3 is 9.84 Å². The number of phenolic OH excluding ortho intramolecular Hbond substituents is 1. The number of rotatable bonds is 2. The van der Waals surface area contributed by atoms with Crippen LogP contribution in [0.25, 0.3) is 0 Å². The minimum absolute atomic E-state index is 0.244. The second kappa shape index (κ2) is 4.89. The smallest absolute Gasteiger partial charge is 0.133 e. The van der Waals surface area contributed by atoms with Crippen molar-refractivity contribution in [2.24, 2.45) is 0 Å². The van der Waals surface area contributed by atoms with Crippen LogP contribution in [0.3, 0.4) is 0 Å². The fraction of sp³-hybridized carbons (Fsp3) is 0.571. The lowest BCUT2D eigenvalue weighted by atomic mass is 9.99. The number of phenols is 1. The third-order valence-electron chi connectivity index (χ3n) is 2.42. The Morgan fingerprint density at radius 1 is 1.29 bits per heavy atom. The molecule has 1 N–H and O–H groups in total. The van der Waals surface area contributed by atoms with Crippen LogP contribution in [-0.2, 0) is 0 Å². The van der Waals surface area contributed by atoms with E-state index in [-0.39, 0.29) is 11.5 Å². The van der Waals surface area contributed by atoms with Crippen molar-refractivity contribution in [2.45, 2.75) is 53.1 Å². The topological polar surface area (TPSA) is 29.5 Å². The van der Waals surface area contributed by atoms with Crippen LogP contribution >= 0.6 is 15.9 Å². The third kappa shape index (κ3) is 3.38. The van der Waals surface area contributed by atoms with Crippen molar-refractivity contribution < 1.29 is 9.84 Å². The van der Waals surface area contributed by atoms with Gasteiger partial charge in [0, 0.05) is 5.56 Å². The molecule has 0 aliphatic heterocycles. The molecule has 0 unspecified atom stereocenters. The van der Waals surface area contributed by atoms with E-state index < -0.39 is 0 Å². The van der Waals surface area contributed by atoms with Crippen molar-refractivity contribution in [3.05, 3.63) is 21.7 Å². The van der Waals surface area contributed by atoms with E-state index in [1.54, 1.807) is 0 Å². The Bertz CT molecular complexity index is 417. The summed E-state index contributed by atoms with van der Waals surface area (Å²) in [6.45, 7) is 12.1. The van der Waals surface area contributed by atoms with E-state index in [0.717, 1.165) is 21.3 Å². The molecule has 0 aliphatic carbocycles. The largest absolute Gasteiger partial charge is 0.506 e. The van der Waals surface area contributed by atoms with Gasteiger partial charge in [-0.25, -0.2) is 0 Å². The Morgan fingerprint density at radius 2 is 1.82 bits per heavy atom. The first kappa shape index (κ1) is 14.4. The predicted octanol–water partition coefficient (Wildman–Crippen LogP) is 4.76. The average Bonchev–Trinajstić information content (AvgIpc) is 2.11. The van der Waals surface area contributed by atoms with Gasteiger partial charge in [0.05, 0.1) is 4.47 Å². The van der Waals surface area contributed by atoms with E-state index in [1.165, 1.54) is 0 Å². The molecule has 1 rings (SSSR count). The van der Waals surface area contributed by atoms with Crippen LogP contribution in [0.15, 0.2) is 10.5 Å². The van der Waals surface area contributed by atoms with Gasteiger partial charge in [-0.3, -0.25) is 0 Å². The first-order valence-corrected chi connectivity index (χ1v) is 6.63. The van der Waals surface area contributed by atoms with Crippen LogP contribution in [-0.4, -0.2) is 10.7 Å². The minimum Gasteiger partial charge on any atom is -0.506 e. The van der Waals surface area contributed by atoms with Gasteiger partial charge >= 0.3 is 0 Å². The zero-order valence-corrected chi connectivity index (χ0v) is 13.0. The molecule has 0 saturated carbocycles. The normalized spacial score (nSPS) is 12.0. The summed E-state index contributed by atoms with van der Waals surface area (Å²) in [5.74, 6) is 1.43. The molecule has 1 aromatic rings. The summed E-state index contributed by atoms with van der Waals surface area (Å²) in [7, 11) is 0. The second-order valence-corrected chi connectivity index (χ2v) is 6.43. The molecule has 0 bridgehead atoms. The molecule has 0 heterocycles. The van der Waals surface area contributed by atoms with Gasteiger partial charge in [0.1, 0.15) is 17.1 Å². The molecular weight excluding hydrogens is 280 g/mol. The summed E-state index contributed by atoms with van der Waals surface area (Å²) < 4.78 is 6.71. The van der Waals surface area contributed by atoms with E-state index in [0.29, 0.717) is 5.75 Å². The first-order valence-electron chi connectivity index (χ1n) is 5.84. The molecule has 0 amide bonds. The maximum atomic E-state index is 9.96. The van der Waals surface area contributed by atoms with Crippen LogP contribution in [0.1, 0.15) is 51.7 Å². The van der Waals surface area contributed by atoms with Crippen LogP contribution in [0, 0.1) is 6.92 Å². The lowest BCUT2D eigenvalue weighted by Crippen LogP contribution is -2.24. The summed E-state index contributed by atoms with van der Waals surface area (Å²) >= 11 is 3.46. The van der Waals surface area contributed by atoms with E-state index in [1.807, 2.05) is 33.8 Å². The predicted molar refractivity (Wildman–Crippen MR) is 75.0 cm³/mol. The molecule has 0 spiro atoms. The first-order chi connectivity index (χ1) is 7.63. The van der Waals surface area contributed by atoms with E-state index in [9.17, 15) is 5.11 Å². The average molecular weight is 301 g/mol. The SMILES string of the molecule is Cc1cc(OC(C)(C)C)c(C(C)C)c(Br)c1O. The highest BCUT2D eigenvalue weighted by molar-refractivity contribution is 9.10. The number of hydrogen-bond donors (Lipinski definition) is 1. The second-order valence-electron chi connectivity index (χ2n) is 5.64. The zero-order valence-electron chi connectivity index (χ0n) is 11.4. The fourth-order valence-electron chi connectivity index (χ4n) is 1.70. The van der Waals surface area contributed by atoms with E-state index in [4.69, 9.17) is 4.74 Å². The Balaban J connectivity index is 3.38. The number of hydrogen-bond acceptors (Lipinski definition) is 2. The number of ether oxygens (including phenoxy) is 1. The standard InChI is InChI=1S/C14H21BrO2/c1-8(2)11-10(17-14(4,5)6)7-9(3)13(16)12(11)15/h7-8,16H,1-6H3. The molecule has 0 radical (unpaired) electrons. The number of halogens is 1. The van der Waals surface area contributed by atoms with Gasteiger partial charge in [0.15, 0.2) is 0 Å². The van der Waals surface area contributed by atoms with Gasteiger partial charge in [-0.2, -0.15) is 0 Å². The van der Waals surface area contributed by atoms with Gasteiger partial charge in [-0.05, 0) is 61.2 Å². The molecule has 0 fully saturated rings. The zero-order chi connectivity index (χ0) is 13.4. The summed E-state index contributed by atoms with van der Waals surface area (Å²) in [5.41, 5.74) is 1.59. The minimum atomic E-state index is -0.244. The maximum absolute atomic E-state index is 9.96. The molecule has 3 heteroatoms. The Labute approximate surface area is 112 Å². The molecule has 1 aromatic carbocycles. The summed E-state index contributed by atoms with van der Waals surface area (Å²) in [4.78, 5) is 0. The fourth-order valence-corrected chi connectivity index (χ4v) is 2.67. The molecule has 17 heavy (non-hydrogen) atoms. The molecule has 2 nitrogen and oxygen atoms in total. The van der Waals surface area contributed by atoms with Crippen molar-refractivity contribution in [1.29, 1.82) is 0 Å². The van der Waals surface area contributed by atoms with Crippen molar-refractivity contribution in [2.75, 3.05) is 0 Å². The number of aryl methyl sites for hydroxylation is 1. The molecular formula is C14H21BrO2. The van der Waals surface area contributed by atoms with Crippen LogP contribution < -0.4 is 4.74 Å². The monoisotopic (exact) mass is 300 g/mol. The van der Waals surface area contributed by atoms with E-state index in [2.05, 4.69) is 29.8 Å². The van der Waals surface area contributed by atoms with Gasteiger partial charge in [-0.1, -0.05) is 13.8 Å². The summed E-state index contributed by atoms with van der Waals surface area (Å²) in [6.07, 6.45) is 0. The number of aromatic hydroxyl groups is 1. The van der Waals surface area contributed by atoms with Gasteiger partial charge in [0.25, 0.3) is 0 Å². The quantitative estimate of drug-likeness (QED) is 0.853. The molecule has 0 aromatic heterocycles. The highest BCUT2D eigenvalue weighted by atomic mass is 79.9. The lowest BCUT2D eigenvalue weighted by molar-refractivity contribution is 0.128. The molecule has 0 atom stereocenters. The Kier molecular flexibility index (Phi) is 4.13. The van der Waals surface area contributed by atoms with Gasteiger partial charge in [-0.15, -0.1) is 0 Å².